The summed E-state index contributed by atoms with van der Waals surface area (Å²) in [4.78, 5) is 18.2. The molecule has 7 heteroatoms. The number of hydrogen-bond acceptors (Lipinski definition) is 5. The molecule has 0 saturated carbocycles. The van der Waals surface area contributed by atoms with E-state index < -0.39 is 6.04 Å². The highest BCUT2D eigenvalue weighted by Crippen LogP contribution is 2.47. The van der Waals surface area contributed by atoms with Crippen LogP contribution in [0.1, 0.15) is 22.9 Å². The maximum atomic E-state index is 12.8. The first-order valence-electron chi connectivity index (χ1n) is 10.5. The molecule has 1 aromatic heterocycles. The van der Waals surface area contributed by atoms with Crippen LogP contribution in [0.25, 0.3) is 21.7 Å². The Hall–Kier alpha value is -3.87. The number of amides is 1. The van der Waals surface area contributed by atoms with E-state index in [9.17, 15) is 9.90 Å². The number of methoxy groups -OCH3 is 2. The predicted molar refractivity (Wildman–Crippen MR) is 120 cm³/mol. The second-order valence-electron chi connectivity index (χ2n) is 8.25. The van der Waals surface area contributed by atoms with Gasteiger partial charge in [-0.05, 0) is 35.1 Å². The lowest BCUT2D eigenvalue weighted by atomic mass is 9.88. The molecule has 1 saturated heterocycles. The summed E-state index contributed by atoms with van der Waals surface area (Å²) in [6.07, 6.45) is 0.364. The fraction of sp³-hybridized carbons (Fsp3) is 0.240. The van der Waals surface area contributed by atoms with Gasteiger partial charge in [0.1, 0.15) is 12.6 Å². The van der Waals surface area contributed by atoms with Gasteiger partial charge in [-0.1, -0.05) is 36.4 Å². The molecule has 0 unspecified atom stereocenters. The minimum atomic E-state index is -0.423. The number of aromatic amines is 1. The Labute approximate surface area is 184 Å². The average Bonchev–Trinajstić information content (AvgIpc) is 3.38. The number of phenolic OH excluding ortho intramolecular Hbond substituents is 1. The number of carbonyl (C=O) groups is 1. The summed E-state index contributed by atoms with van der Waals surface area (Å²) in [5.41, 5.74) is 3.96. The van der Waals surface area contributed by atoms with Gasteiger partial charge >= 0.3 is 6.09 Å². The molecular weight excluding hydrogens is 408 g/mol. The van der Waals surface area contributed by atoms with Crippen molar-refractivity contribution < 1.29 is 24.1 Å². The number of H-pyrrole nitrogens is 1. The number of fused-ring (bicyclic) bond motifs is 6. The molecular formula is C25H22N2O5. The van der Waals surface area contributed by atoms with Crippen molar-refractivity contribution in [1.29, 1.82) is 0 Å². The van der Waals surface area contributed by atoms with Gasteiger partial charge in [0.25, 0.3) is 0 Å². The van der Waals surface area contributed by atoms with E-state index in [2.05, 4.69) is 29.2 Å². The average molecular weight is 430 g/mol. The molecule has 6 rings (SSSR count). The van der Waals surface area contributed by atoms with Crippen molar-refractivity contribution in [1.82, 2.24) is 9.88 Å². The third kappa shape index (κ3) is 2.51. The highest BCUT2D eigenvalue weighted by atomic mass is 16.6. The number of cyclic esters (lactones) is 1. The van der Waals surface area contributed by atoms with E-state index in [1.807, 2.05) is 12.1 Å². The lowest BCUT2D eigenvalue weighted by Gasteiger charge is -2.36. The molecule has 7 nitrogen and oxygen atoms in total. The number of phenols is 1. The van der Waals surface area contributed by atoms with Gasteiger partial charge in [-0.15, -0.1) is 0 Å². The van der Waals surface area contributed by atoms with E-state index in [0.717, 1.165) is 32.9 Å². The largest absolute Gasteiger partial charge is 0.502 e. The van der Waals surface area contributed by atoms with Crippen LogP contribution >= 0.6 is 0 Å². The van der Waals surface area contributed by atoms with E-state index in [4.69, 9.17) is 14.2 Å². The summed E-state index contributed by atoms with van der Waals surface area (Å²) in [5, 5.41) is 13.9. The summed E-state index contributed by atoms with van der Waals surface area (Å²) < 4.78 is 16.2. The third-order valence-electron chi connectivity index (χ3n) is 6.65. The van der Waals surface area contributed by atoms with Crippen LogP contribution in [0.5, 0.6) is 17.2 Å². The van der Waals surface area contributed by atoms with Crippen LogP contribution in [0.3, 0.4) is 0 Å². The standard InChI is InChI=1S/C25H22N2O5/c1-30-19-9-14(10-20(31-2)24(19)28)23-22-18(11-15-12-32-25(29)27(15)23)17-8-7-13-5-3-4-6-16(13)21(17)26-22/h3-10,15,23,26,28H,11-12H2,1-2H3/t15-,23+/m0/s1. The Kier molecular flexibility index (Phi) is 4.02. The molecule has 3 aromatic carbocycles. The number of rotatable bonds is 3. The normalized spacial score (nSPS) is 19.7. The molecule has 2 atom stereocenters. The summed E-state index contributed by atoms with van der Waals surface area (Å²) >= 11 is 0. The van der Waals surface area contributed by atoms with Crippen LogP contribution in [-0.2, 0) is 11.2 Å². The molecule has 162 valence electrons. The highest BCUT2D eigenvalue weighted by Gasteiger charge is 2.45. The van der Waals surface area contributed by atoms with Gasteiger partial charge in [-0.25, -0.2) is 4.79 Å². The lowest BCUT2D eigenvalue weighted by molar-refractivity contribution is 0.147. The van der Waals surface area contributed by atoms with Crippen molar-refractivity contribution >= 4 is 27.8 Å². The van der Waals surface area contributed by atoms with Crippen molar-refractivity contribution in [3.63, 3.8) is 0 Å². The summed E-state index contributed by atoms with van der Waals surface area (Å²) in [5.74, 6) is 0.507. The van der Waals surface area contributed by atoms with Crippen LogP contribution in [-0.4, -0.2) is 48.0 Å². The number of nitrogens with one attached hydrogen (secondary N) is 1. The van der Waals surface area contributed by atoms with Gasteiger partial charge in [0.2, 0.25) is 5.75 Å². The van der Waals surface area contributed by atoms with Gasteiger partial charge in [-0.2, -0.15) is 0 Å². The number of hydrogen-bond donors (Lipinski definition) is 2. The molecule has 1 fully saturated rings. The molecule has 2 aliphatic heterocycles. The van der Waals surface area contributed by atoms with Gasteiger partial charge in [0.05, 0.1) is 25.8 Å². The molecule has 2 N–H and O–H groups in total. The molecule has 0 spiro atoms. The summed E-state index contributed by atoms with van der Waals surface area (Å²) in [6.45, 7) is 0.349. The number of nitrogens with zero attached hydrogens (tertiary/aromatic N) is 1. The Morgan fingerprint density at radius 2 is 1.81 bits per heavy atom. The van der Waals surface area contributed by atoms with Crippen molar-refractivity contribution in [3.05, 3.63) is 65.4 Å². The third-order valence-corrected chi connectivity index (χ3v) is 6.65. The fourth-order valence-corrected chi connectivity index (χ4v) is 5.18. The second kappa shape index (κ2) is 6.82. The number of aromatic hydroxyl groups is 1. The Morgan fingerprint density at radius 1 is 1.06 bits per heavy atom. The van der Waals surface area contributed by atoms with E-state index in [-0.39, 0.29) is 29.4 Å². The molecule has 0 radical (unpaired) electrons. The first kappa shape index (κ1) is 18.9. The van der Waals surface area contributed by atoms with E-state index in [0.29, 0.717) is 13.0 Å². The van der Waals surface area contributed by atoms with Gasteiger partial charge in [0.15, 0.2) is 11.5 Å². The zero-order chi connectivity index (χ0) is 22.0. The zero-order valence-corrected chi connectivity index (χ0v) is 17.7. The maximum absolute atomic E-state index is 12.8. The quantitative estimate of drug-likeness (QED) is 0.500. The number of benzene rings is 3. The Balaban J connectivity index is 1.64. The van der Waals surface area contributed by atoms with Crippen LogP contribution in [0, 0.1) is 0 Å². The minimum Gasteiger partial charge on any atom is -0.502 e. The van der Waals surface area contributed by atoms with Crippen LogP contribution in [0.2, 0.25) is 0 Å². The topological polar surface area (TPSA) is 84.0 Å². The molecule has 0 bridgehead atoms. The van der Waals surface area contributed by atoms with Gasteiger partial charge in [0, 0.05) is 16.5 Å². The van der Waals surface area contributed by atoms with Gasteiger partial charge in [-0.3, -0.25) is 4.90 Å². The van der Waals surface area contributed by atoms with E-state index in [1.165, 1.54) is 19.8 Å². The number of aromatic nitrogens is 1. The van der Waals surface area contributed by atoms with Crippen molar-refractivity contribution in [3.8, 4) is 17.2 Å². The number of carbonyl (C=O) groups excluding carboxylic acids is 1. The van der Waals surface area contributed by atoms with Crippen molar-refractivity contribution in [2.45, 2.75) is 18.5 Å². The monoisotopic (exact) mass is 430 g/mol. The van der Waals surface area contributed by atoms with Crippen molar-refractivity contribution in [2.24, 2.45) is 0 Å². The smallest absolute Gasteiger partial charge is 0.411 e. The molecule has 3 heterocycles. The fourth-order valence-electron chi connectivity index (χ4n) is 5.18. The van der Waals surface area contributed by atoms with E-state index in [1.54, 1.807) is 17.0 Å². The molecule has 32 heavy (non-hydrogen) atoms. The highest BCUT2D eigenvalue weighted by molar-refractivity contribution is 6.07. The SMILES string of the molecule is COc1cc([C@@H]2c3[nH]c4c(ccc5ccccc54)c3C[C@H]3COC(=O)N32)cc(OC)c1O. The van der Waals surface area contributed by atoms with Crippen LogP contribution in [0.15, 0.2) is 48.5 Å². The number of ether oxygens (including phenoxy) is 3. The maximum Gasteiger partial charge on any atom is 0.411 e. The Morgan fingerprint density at radius 3 is 2.56 bits per heavy atom. The molecule has 4 aromatic rings. The van der Waals surface area contributed by atoms with Gasteiger partial charge < -0.3 is 24.3 Å². The minimum absolute atomic E-state index is 0.0713. The molecule has 2 aliphatic rings. The predicted octanol–water partition coefficient (Wildman–Crippen LogP) is 4.51. The zero-order valence-electron chi connectivity index (χ0n) is 17.7. The Bertz CT molecular complexity index is 1370. The van der Waals surface area contributed by atoms with Crippen LogP contribution < -0.4 is 9.47 Å². The molecule has 0 aliphatic carbocycles. The molecule has 1 amide bonds. The van der Waals surface area contributed by atoms with E-state index >= 15 is 0 Å². The summed E-state index contributed by atoms with van der Waals surface area (Å²) in [6, 6.07) is 15.6. The van der Waals surface area contributed by atoms with Crippen molar-refractivity contribution in [2.75, 3.05) is 20.8 Å². The van der Waals surface area contributed by atoms with Crippen LogP contribution in [0.4, 0.5) is 4.79 Å². The second-order valence-corrected chi connectivity index (χ2v) is 8.25. The first-order valence-corrected chi connectivity index (χ1v) is 10.5. The summed E-state index contributed by atoms with van der Waals surface area (Å²) in [7, 11) is 2.99. The first-order chi connectivity index (χ1) is 15.6. The lowest BCUT2D eigenvalue weighted by Crippen LogP contribution is -2.42.